The van der Waals surface area contributed by atoms with Crippen LogP contribution in [-0.4, -0.2) is 80.9 Å². The second-order valence-corrected chi connectivity index (χ2v) is 9.61. The van der Waals surface area contributed by atoms with Gasteiger partial charge in [0, 0.05) is 26.2 Å². The minimum atomic E-state index is -3.13. The molecular weight excluding hydrogens is 332 g/mol. The highest BCUT2D eigenvalue weighted by atomic mass is 32.2. The molecule has 8 heteroatoms. The van der Waals surface area contributed by atoms with Crippen molar-refractivity contribution in [1.29, 1.82) is 0 Å². The van der Waals surface area contributed by atoms with E-state index < -0.39 is 10.0 Å². The molecule has 3 saturated heterocycles. The van der Waals surface area contributed by atoms with E-state index in [1.807, 2.05) is 4.90 Å². The summed E-state index contributed by atoms with van der Waals surface area (Å²) in [4.78, 5) is 14.5. The Hall–Kier alpha value is -0.700. The van der Waals surface area contributed by atoms with Crippen molar-refractivity contribution in [3.05, 3.63) is 0 Å². The second-order valence-electron chi connectivity index (χ2n) is 7.39. The quantitative estimate of drug-likeness (QED) is 0.713. The van der Waals surface area contributed by atoms with Crippen molar-refractivity contribution in [3.8, 4) is 0 Å². The van der Waals surface area contributed by atoms with Crippen molar-refractivity contribution in [2.45, 2.75) is 37.0 Å². The van der Waals surface area contributed by atoms with E-state index >= 15 is 0 Å². The lowest BCUT2D eigenvalue weighted by atomic mass is 9.84. The molecule has 24 heavy (non-hydrogen) atoms. The molecule has 1 aliphatic carbocycles. The first-order valence-electron chi connectivity index (χ1n) is 9.03. The Morgan fingerprint density at radius 3 is 2.50 bits per heavy atom. The Bertz CT molecular complexity index is 585. The number of hydrogen-bond acceptors (Lipinski definition) is 5. The van der Waals surface area contributed by atoms with Crippen molar-refractivity contribution in [3.63, 3.8) is 0 Å². The van der Waals surface area contributed by atoms with E-state index in [9.17, 15) is 13.2 Å². The van der Waals surface area contributed by atoms with Gasteiger partial charge >= 0.3 is 0 Å². The molecule has 1 saturated carbocycles. The third kappa shape index (κ3) is 3.21. The molecule has 0 unspecified atom stereocenters. The van der Waals surface area contributed by atoms with E-state index in [4.69, 9.17) is 9.47 Å². The molecule has 0 bridgehead atoms. The van der Waals surface area contributed by atoms with Crippen LogP contribution in [0.5, 0.6) is 0 Å². The largest absolute Gasteiger partial charge is 0.378 e. The van der Waals surface area contributed by atoms with Crippen LogP contribution in [-0.2, 0) is 24.3 Å². The molecule has 7 nitrogen and oxygen atoms in total. The van der Waals surface area contributed by atoms with Crippen LogP contribution in [0.15, 0.2) is 0 Å². The summed E-state index contributed by atoms with van der Waals surface area (Å²) in [5, 5.41) is -0.163. The SMILES string of the molecule is O=C([C@@H]1CO[C@@H]2CCN(S(=O)(=O)C3CC3)C[C@@H]2C1)N1CCOCC1. The zero-order chi connectivity index (χ0) is 16.7. The highest BCUT2D eigenvalue weighted by molar-refractivity contribution is 7.90. The van der Waals surface area contributed by atoms with Crippen LogP contribution >= 0.6 is 0 Å². The average molecular weight is 358 g/mol. The van der Waals surface area contributed by atoms with E-state index in [1.54, 1.807) is 4.31 Å². The van der Waals surface area contributed by atoms with Gasteiger partial charge in [0.25, 0.3) is 0 Å². The Kier molecular flexibility index (Phi) is 4.57. The summed E-state index contributed by atoms with van der Waals surface area (Å²) in [5.41, 5.74) is 0. The Balaban J connectivity index is 1.39. The van der Waals surface area contributed by atoms with Gasteiger partial charge in [-0.1, -0.05) is 0 Å². The normalized spacial score (nSPS) is 35.5. The number of amides is 1. The zero-order valence-electron chi connectivity index (χ0n) is 13.9. The van der Waals surface area contributed by atoms with Gasteiger partial charge in [-0.2, -0.15) is 0 Å². The van der Waals surface area contributed by atoms with Gasteiger partial charge in [0.15, 0.2) is 0 Å². The Morgan fingerprint density at radius 2 is 1.79 bits per heavy atom. The first kappa shape index (κ1) is 16.8. The van der Waals surface area contributed by atoms with E-state index in [1.165, 1.54) is 0 Å². The minimum absolute atomic E-state index is 0.101. The number of ether oxygens (including phenoxy) is 2. The van der Waals surface area contributed by atoms with E-state index in [2.05, 4.69) is 0 Å². The lowest BCUT2D eigenvalue weighted by Crippen LogP contribution is -2.53. The van der Waals surface area contributed by atoms with E-state index in [0.29, 0.717) is 46.0 Å². The highest BCUT2D eigenvalue weighted by Crippen LogP contribution is 2.37. The van der Waals surface area contributed by atoms with Crippen LogP contribution in [0.25, 0.3) is 0 Å². The molecule has 1 amide bonds. The van der Waals surface area contributed by atoms with E-state index in [0.717, 1.165) is 25.7 Å². The molecule has 0 N–H and O–H groups in total. The fourth-order valence-corrected chi connectivity index (χ4v) is 6.03. The molecule has 136 valence electrons. The molecule has 0 aromatic carbocycles. The molecule has 0 spiro atoms. The summed E-state index contributed by atoms with van der Waals surface area (Å²) in [6, 6.07) is 0. The van der Waals surface area contributed by atoms with Crippen molar-refractivity contribution in [2.24, 2.45) is 11.8 Å². The Morgan fingerprint density at radius 1 is 1.04 bits per heavy atom. The average Bonchev–Trinajstić information content (AvgIpc) is 3.46. The maximum absolute atomic E-state index is 12.7. The molecular formula is C16H26N2O5S. The number of morpholine rings is 1. The van der Waals surface area contributed by atoms with Crippen LogP contribution in [0.1, 0.15) is 25.7 Å². The lowest BCUT2D eigenvalue weighted by molar-refractivity contribution is -0.151. The predicted octanol–water partition coefficient (Wildman–Crippen LogP) is 0.0644. The predicted molar refractivity (Wildman–Crippen MR) is 86.9 cm³/mol. The summed E-state index contributed by atoms with van der Waals surface area (Å²) in [6.45, 7) is 4.01. The Labute approximate surface area is 143 Å². The molecule has 0 aromatic rings. The van der Waals surface area contributed by atoms with Gasteiger partial charge in [-0.25, -0.2) is 12.7 Å². The van der Waals surface area contributed by atoms with Crippen molar-refractivity contribution >= 4 is 15.9 Å². The van der Waals surface area contributed by atoms with E-state index in [-0.39, 0.29) is 29.1 Å². The summed E-state index contributed by atoms with van der Waals surface area (Å²) < 4.78 is 37.9. The van der Waals surface area contributed by atoms with Crippen LogP contribution in [0, 0.1) is 11.8 Å². The number of sulfonamides is 1. The number of carbonyl (C=O) groups is 1. The van der Waals surface area contributed by atoms with Gasteiger partial charge in [0.05, 0.1) is 37.1 Å². The fourth-order valence-electron chi connectivity index (χ4n) is 4.12. The van der Waals surface area contributed by atoms with Crippen LogP contribution < -0.4 is 0 Å². The van der Waals surface area contributed by atoms with Crippen molar-refractivity contribution in [1.82, 2.24) is 9.21 Å². The third-order valence-electron chi connectivity index (χ3n) is 5.70. The molecule has 3 aliphatic heterocycles. The summed E-state index contributed by atoms with van der Waals surface area (Å²) in [6.07, 6.45) is 3.17. The number of fused-ring (bicyclic) bond motifs is 1. The number of hydrogen-bond donors (Lipinski definition) is 0. The minimum Gasteiger partial charge on any atom is -0.378 e. The number of rotatable bonds is 3. The summed E-state index contributed by atoms with van der Waals surface area (Å²) in [7, 11) is -3.13. The monoisotopic (exact) mass is 358 g/mol. The zero-order valence-corrected chi connectivity index (χ0v) is 14.7. The maximum Gasteiger partial charge on any atom is 0.228 e. The highest BCUT2D eigenvalue weighted by Gasteiger charge is 2.46. The van der Waals surface area contributed by atoms with Gasteiger partial charge in [0.1, 0.15) is 0 Å². The van der Waals surface area contributed by atoms with Gasteiger partial charge in [-0.05, 0) is 31.6 Å². The fraction of sp³-hybridized carbons (Fsp3) is 0.938. The molecule has 4 rings (SSSR count). The number of carbonyl (C=O) groups excluding carboxylic acids is 1. The van der Waals surface area contributed by atoms with Crippen LogP contribution in [0.4, 0.5) is 0 Å². The number of piperidine rings is 1. The maximum atomic E-state index is 12.7. The lowest BCUT2D eigenvalue weighted by Gasteiger charge is -2.43. The smallest absolute Gasteiger partial charge is 0.228 e. The summed E-state index contributed by atoms with van der Waals surface area (Å²) >= 11 is 0. The van der Waals surface area contributed by atoms with Gasteiger partial charge in [-0.3, -0.25) is 4.79 Å². The van der Waals surface area contributed by atoms with Gasteiger partial charge in [-0.15, -0.1) is 0 Å². The van der Waals surface area contributed by atoms with Crippen LogP contribution in [0.3, 0.4) is 0 Å². The summed E-state index contributed by atoms with van der Waals surface area (Å²) in [5.74, 6) is 0.128. The van der Waals surface area contributed by atoms with Crippen molar-refractivity contribution < 1.29 is 22.7 Å². The standard InChI is InChI=1S/C16H26N2O5S/c19-16(17-5-7-22-8-6-17)13-9-12-10-18(4-3-15(12)23-11-13)24(20,21)14-1-2-14/h12-15H,1-11H2/t12-,13-,15+/m0/s1. The first-order valence-corrected chi connectivity index (χ1v) is 10.5. The van der Waals surface area contributed by atoms with Crippen molar-refractivity contribution in [2.75, 3.05) is 46.0 Å². The molecule has 3 heterocycles. The van der Waals surface area contributed by atoms with Gasteiger partial charge < -0.3 is 14.4 Å². The first-order chi connectivity index (χ1) is 11.6. The molecule has 4 aliphatic rings. The second kappa shape index (κ2) is 6.55. The molecule has 3 atom stereocenters. The topological polar surface area (TPSA) is 76.2 Å². The molecule has 4 fully saturated rings. The van der Waals surface area contributed by atoms with Gasteiger partial charge in [0.2, 0.25) is 15.9 Å². The number of nitrogens with zero attached hydrogens (tertiary/aromatic N) is 2. The molecule has 0 aromatic heterocycles. The third-order valence-corrected chi connectivity index (χ3v) is 8.07. The molecule has 0 radical (unpaired) electrons. The van der Waals surface area contributed by atoms with Crippen LogP contribution in [0.2, 0.25) is 0 Å².